The molecule has 1 atom stereocenters. The maximum Gasteiger partial charge on any atom is 0.230 e. The Morgan fingerprint density at radius 3 is 2.06 bits per heavy atom. The summed E-state index contributed by atoms with van der Waals surface area (Å²) in [7, 11) is 0. The summed E-state index contributed by atoms with van der Waals surface area (Å²) in [6.07, 6.45) is 3.25. The summed E-state index contributed by atoms with van der Waals surface area (Å²) in [6.45, 7) is 10.7. The van der Waals surface area contributed by atoms with E-state index < -0.39 is 0 Å². The number of rotatable bonds is 5. The van der Waals surface area contributed by atoms with Crippen LogP contribution in [0.5, 0.6) is 0 Å². The minimum Gasteiger partial charge on any atom is -0.296 e. The highest BCUT2D eigenvalue weighted by Gasteiger charge is 2.47. The second-order valence-electron chi connectivity index (χ2n) is 6.61. The van der Waals surface area contributed by atoms with Crippen molar-refractivity contribution in [3.63, 3.8) is 0 Å². The van der Waals surface area contributed by atoms with Gasteiger partial charge in [0.1, 0.15) is 0 Å². The lowest BCUT2D eigenvalue weighted by Crippen LogP contribution is -2.52. The van der Waals surface area contributed by atoms with E-state index in [2.05, 4.69) is 39.9 Å². The van der Waals surface area contributed by atoms with Crippen LogP contribution < -0.4 is 5.32 Å². The molecule has 0 aromatic heterocycles. The molecule has 1 rings (SSSR count). The fraction of sp³-hybridized carbons (Fsp3) is 0.867. The Labute approximate surface area is 111 Å². The second-order valence-corrected chi connectivity index (χ2v) is 6.61. The van der Waals surface area contributed by atoms with E-state index in [1.807, 2.05) is 0 Å². The molecule has 1 unspecified atom stereocenters. The smallest absolute Gasteiger partial charge is 0.230 e. The van der Waals surface area contributed by atoms with Gasteiger partial charge < -0.3 is 0 Å². The Morgan fingerprint density at radius 2 is 1.67 bits per heavy atom. The molecule has 0 spiro atoms. The standard InChI is InChI=1S/C15H27NO2/c1-6-12-14(18)16-13(17)9-15(12,7-10(2)3)8-11(4)5/h10-12H,6-9H2,1-5H3,(H,16,17,18). The zero-order chi connectivity index (χ0) is 13.9. The van der Waals surface area contributed by atoms with E-state index >= 15 is 0 Å². The normalized spacial score (nSPS) is 23.6. The van der Waals surface area contributed by atoms with Gasteiger partial charge in [-0.25, -0.2) is 0 Å². The van der Waals surface area contributed by atoms with Gasteiger partial charge >= 0.3 is 0 Å². The van der Waals surface area contributed by atoms with E-state index in [0.29, 0.717) is 18.3 Å². The van der Waals surface area contributed by atoms with Crippen molar-refractivity contribution < 1.29 is 9.59 Å². The predicted molar refractivity (Wildman–Crippen MR) is 72.9 cm³/mol. The van der Waals surface area contributed by atoms with E-state index in [-0.39, 0.29) is 23.1 Å². The topological polar surface area (TPSA) is 46.2 Å². The van der Waals surface area contributed by atoms with Crippen LogP contribution in [0.15, 0.2) is 0 Å². The first-order valence-electron chi connectivity index (χ1n) is 7.14. The summed E-state index contributed by atoms with van der Waals surface area (Å²) < 4.78 is 0. The van der Waals surface area contributed by atoms with E-state index in [9.17, 15) is 9.59 Å². The molecule has 2 amide bonds. The lowest BCUT2D eigenvalue weighted by Gasteiger charge is -2.44. The number of hydrogen-bond acceptors (Lipinski definition) is 2. The highest BCUT2D eigenvalue weighted by molar-refractivity contribution is 5.99. The number of carbonyl (C=O) groups is 2. The summed E-state index contributed by atoms with van der Waals surface area (Å²) in [6, 6.07) is 0. The van der Waals surface area contributed by atoms with Crippen LogP contribution >= 0.6 is 0 Å². The van der Waals surface area contributed by atoms with Crippen LogP contribution in [-0.2, 0) is 9.59 Å². The summed E-state index contributed by atoms with van der Waals surface area (Å²) >= 11 is 0. The average molecular weight is 253 g/mol. The molecular weight excluding hydrogens is 226 g/mol. The van der Waals surface area contributed by atoms with Crippen molar-refractivity contribution in [3.05, 3.63) is 0 Å². The third-order valence-corrected chi connectivity index (χ3v) is 3.87. The highest BCUT2D eigenvalue weighted by Crippen LogP contribution is 2.47. The molecule has 0 saturated carbocycles. The van der Waals surface area contributed by atoms with Crippen LogP contribution in [0.25, 0.3) is 0 Å². The molecule has 18 heavy (non-hydrogen) atoms. The molecule has 0 aromatic carbocycles. The summed E-state index contributed by atoms with van der Waals surface area (Å²) in [5, 5.41) is 2.50. The molecule has 0 bridgehead atoms. The molecule has 104 valence electrons. The molecule has 1 fully saturated rings. The minimum atomic E-state index is -0.128. The Kier molecular flexibility index (Phi) is 4.94. The number of carbonyl (C=O) groups excluding carboxylic acids is 2. The summed E-state index contributed by atoms with van der Waals surface area (Å²) in [4.78, 5) is 23.9. The van der Waals surface area contributed by atoms with Gasteiger partial charge in [-0.05, 0) is 36.5 Å². The highest BCUT2D eigenvalue weighted by atomic mass is 16.2. The minimum absolute atomic E-state index is 0.0139. The van der Waals surface area contributed by atoms with E-state index in [0.717, 1.165) is 19.3 Å². The van der Waals surface area contributed by atoms with Gasteiger partial charge in [0.05, 0.1) is 0 Å². The second kappa shape index (κ2) is 5.85. The molecule has 1 aliphatic heterocycles. The van der Waals surface area contributed by atoms with Crippen LogP contribution in [0.2, 0.25) is 0 Å². The fourth-order valence-electron chi connectivity index (χ4n) is 3.75. The monoisotopic (exact) mass is 253 g/mol. The lowest BCUT2D eigenvalue weighted by atomic mass is 9.61. The van der Waals surface area contributed by atoms with Gasteiger partial charge in [0.25, 0.3) is 0 Å². The third kappa shape index (κ3) is 3.33. The molecule has 0 aromatic rings. The Bertz CT molecular complexity index is 310. The van der Waals surface area contributed by atoms with Crippen LogP contribution in [0, 0.1) is 23.2 Å². The van der Waals surface area contributed by atoms with Gasteiger partial charge in [0.15, 0.2) is 0 Å². The largest absolute Gasteiger partial charge is 0.296 e. The van der Waals surface area contributed by atoms with Gasteiger partial charge in [-0.1, -0.05) is 34.6 Å². The van der Waals surface area contributed by atoms with Crippen molar-refractivity contribution in [2.75, 3.05) is 0 Å². The van der Waals surface area contributed by atoms with Gasteiger partial charge in [-0.2, -0.15) is 0 Å². The molecule has 0 aliphatic carbocycles. The van der Waals surface area contributed by atoms with Gasteiger partial charge in [-0.3, -0.25) is 14.9 Å². The van der Waals surface area contributed by atoms with Crippen molar-refractivity contribution in [1.29, 1.82) is 0 Å². The summed E-state index contributed by atoms with van der Waals surface area (Å²) in [5.74, 6) is 0.856. The molecule has 3 nitrogen and oxygen atoms in total. The predicted octanol–water partition coefficient (Wildman–Crippen LogP) is 3.14. The SMILES string of the molecule is CCC1C(=O)NC(=O)CC1(CC(C)C)CC(C)C. The van der Waals surface area contributed by atoms with Crippen molar-refractivity contribution in [3.8, 4) is 0 Å². The van der Waals surface area contributed by atoms with Crippen molar-refractivity contribution >= 4 is 11.8 Å². The first kappa shape index (κ1) is 15.2. The molecule has 3 heteroatoms. The zero-order valence-corrected chi connectivity index (χ0v) is 12.4. The molecule has 1 saturated heterocycles. The lowest BCUT2D eigenvalue weighted by molar-refractivity contribution is -0.145. The fourth-order valence-corrected chi connectivity index (χ4v) is 3.75. The van der Waals surface area contributed by atoms with Gasteiger partial charge in [0, 0.05) is 12.3 Å². The molecule has 1 heterocycles. The van der Waals surface area contributed by atoms with Crippen LogP contribution in [0.4, 0.5) is 0 Å². The van der Waals surface area contributed by atoms with Gasteiger partial charge in [0.2, 0.25) is 11.8 Å². The molecular formula is C15H27NO2. The van der Waals surface area contributed by atoms with Crippen LogP contribution in [0.1, 0.15) is 60.3 Å². The Morgan fingerprint density at radius 1 is 1.17 bits per heavy atom. The zero-order valence-electron chi connectivity index (χ0n) is 12.4. The summed E-state index contributed by atoms with van der Waals surface area (Å²) in [5.41, 5.74) is -0.128. The number of imide groups is 1. The molecule has 1 N–H and O–H groups in total. The molecule has 1 aliphatic rings. The molecule has 0 radical (unpaired) electrons. The number of hydrogen-bond donors (Lipinski definition) is 1. The Hall–Kier alpha value is -0.860. The van der Waals surface area contributed by atoms with Crippen molar-refractivity contribution in [1.82, 2.24) is 5.32 Å². The number of piperidine rings is 1. The van der Waals surface area contributed by atoms with Crippen molar-refractivity contribution in [2.45, 2.75) is 60.3 Å². The maximum atomic E-state index is 12.1. The first-order valence-corrected chi connectivity index (χ1v) is 7.14. The van der Waals surface area contributed by atoms with E-state index in [1.54, 1.807) is 0 Å². The van der Waals surface area contributed by atoms with E-state index in [1.165, 1.54) is 0 Å². The van der Waals surface area contributed by atoms with Gasteiger partial charge in [-0.15, -0.1) is 0 Å². The maximum absolute atomic E-state index is 12.1. The third-order valence-electron chi connectivity index (χ3n) is 3.87. The van der Waals surface area contributed by atoms with Crippen LogP contribution in [-0.4, -0.2) is 11.8 Å². The Balaban J connectivity index is 3.08. The van der Waals surface area contributed by atoms with Crippen LogP contribution in [0.3, 0.4) is 0 Å². The van der Waals surface area contributed by atoms with Crippen molar-refractivity contribution in [2.24, 2.45) is 23.2 Å². The number of nitrogens with one attached hydrogen (secondary N) is 1. The quantitative estimate of drug-likeness (QED) is 0.765. The average Bonchev–Trinajstić information content (AvgIpc) is 2.13. The van der Waals surface area contributed by atoms with E-state index in [4.69, 9.17) is 0 Å². The first-order chi connectivity index (χ1) is 8.30. The number of amides is 2.